The van der Waals surface area contributed by atoms with Gasteiger partial charge in [0.05, 0.1) is 6.04 Å². The largest absolute Gasteiger partial charge is 0.492 e. The van der Waals surface area contributed by atoms with E-state index in [1.54, 1.807) is 12.1 Å². The molecule has 0 radical (unpaired) electrons. The smallest absolute Gasteiger partial charge is 0.128 e. The van der Waals surface area contributed by atoms with Gasteiger partial charge in [-0.05, 0) is 25.1 Å². The second-order valence-electron chi connectivity index (χ2n) is 4.26. The van der Waals surface area contributed by atoms with Gasteiger partial charge in [-0.1, -0.05) is 35.9 Å². The van der Waals surface area contributed by atoms with Gasteiger partial charge in [-0.2, -0.15) is 0 Å². The molecule has 0 aliphatic carbocycles. The van der Waals surface area contributed by atoms with Crippen LogP contribution in [-0.4, -0.2) is 6.61 Å². The molecule has 94 valence electrons. The van der Waals surface area contributed by atoms with Crippen LogP contribution < -0.4 is 10.5 Å². The molecule has 2 nitrogen and oxygen atoms in total. The van der Waals surface area contributed by atoms with Gasteiger partial charge in [-0.3, -0.25) is 0 Å². The normalized spacial score (nSPS) is 12.2. The number of nitrogens with two attached hydrogens (primary N) is 1. The van der Waals surface area contributed by atoms with E-state index < -0.39 is 6.04 Å². The molecule has 0 saturated heterocycles. The first-order valence-corrected chi connectivity index (χ1v) is 5.86. The quantitative estimate of drug-likeness (QED) is 0.897. The number of benzene rings is 2. The van der Waals surface area contributed by atoms with Gasteiger partial charge in [0.15, 0.2) is 0 Å². The minimum atomic E-state index is -0.467. The topological polar surface area (TPSA) is 35.2 Å². The number of ether oxygens (including phenoxy) is 1. The minimum Gasteiger partial charge on any atom is -0.492 e. The highest BCUT2D eigenvalue weighted by Gasteiger charge is 2.12. The first kappa shape index (κ1) is 12.6. The molecule has 2 rings (SSSR count). The molecular weight excluding hydrogens is 229 g/mol. The lowest BCUT2D eigenvalue weighted by molar-refractivity contribution is 0.288. The van der Waals surface area contributed by atoms with Gasteiger partial charge in [-0.25, -0.2) is 4.39 Å². The van der Waals surface area contributed by atoms with Crippen molar-refractivity contribution in [3.05, 3.63) is 65.5 Å². The molecule has 0 saturated carbocycles. The summed E-state index contributed by atoms with van der Waals surface area (Å²) in [7, 11) is 0. The lowest BCUT2D eigenvalue weighted by Gasteiger charge is -2.15. The van der Waals surface area contributed by atoms with Crippen LogP contribution >= 0.6 is 0 Å². The fourth-order valence-electron chi connectivity index (χ4n) is 1.74. The fraction of sp³-hybridized carbons (Fsp3) is 0.200. The standard InChI is InChI=1S/C15H16FNO/c1-11-7-8-14(16)13(9-11)15(17)10-18-12-5-3-2-4-6-12/h2-9,15H,10,17H2,1H3. The van der Waals surface area contributed by atoms with E-state index >= 15 is 0 Å². The third-order valence-electron chi connectivity index (χ3n) is 2.72. The molecular formula is C15H16FNO. The van der Waals surface area contributed by atoms with Crippen LogP contribution in [0.25, 0.3) is 0 Å². The van der Waals surface area contributed by atoms with E-state index in [4.69, 9.17) is 10.5 Å². The molecule has 0 bridgehead atoms. The van der Waals surface area contributed by atoms with Crippen LogP contribution in [0.15, 0.2) is 48.5 Å². The average Bonchev–Trinajstić information content (AvgIpc) is 2.40. The van der Waals surface area contributed by atoms with E-state index in [1.807, 2.05) is 37.3 Å². The Morgan fingerprint density at radius 3 is 2.61 bits per heavy atom. The molecule has 0 aromatic heterocycles. The van der Waals surface area contributed by atoms with Crippen molar-refractivity contribution in [3.8, 4) is 5.75 Å². The van der Waals surface area contributed by atoms with E-state index in [9.17, 15) is 4.39 Å². The maximum Gasteiger partial charge on any atom is 0.128 e. The predicted octanol–water partition coefficient (Wildman–Crippen LogP) is 3.21. The van der Waals surface area contributed by atoms with Gasteiger partial charge in [0, 0.05) is 5.56 Å². The number of hydrogen-bond donors (Lipinski definition) is 1. The molecule has 2 aromatic rings. The molecule has 0 aliphatic rings. The summed E-state index contributed by atoms with van der Waals surface area (Å²) in [6.07, 6.45) is 0. The van der Waals surface area contributed by atoms with E-state index in [2.05, 4.69) is 0 Å². The zero-order valence-corrected chi connectivity index (χ0v) is 10.3. The van der Waals surface area contributed by atoms with Crippen molar-refractivity contribution >= 4 is 0 Å². The molecule has 2 N–H and O–H groups in total. The summed E-state index contributed by atoms with van der Waals surface area (Å²) in [4.78, 5) is 0. The Kier molecular flexibility index (Phi) is 3.95. The zero-order chi connectivity index (χ0) is 13.0. The number of aryl methyl sites for hydroxylation is 1. The van der Waals surface area contributed by atoms with Crippen molar-refractivity contribution < 1.29 is 9.13 Å². The highest BCUT2D eigenvalue weighted by atomic mass is 19.1. The van der Waals surface area contributed by atoms with Crippen molar-refractivity contribution in [1.29, 1.82) is 0 Å². The van der Waals surface area contributed by atoms with Crippen LogP contribution in [0.5, 0.6) is 5.75 Å². The summed E-state index contributed by atoms with van der Waals surface area (Å²) in [5, 5.41) is 0. The second kappa shape index (κ2) is 5.65. The highest BCUT2D eigenvalue weighted by molar-refractivity contribution is 5.27. The molecule has 1 atom stereocenters. The molecule has 1 unspecified atom stereocenters. The Bertz CT molecular complexity index is 513. The van der Waals surface area contributed by atoms with E-state index in [-0.39, 0.29) is 12.4 Å². The van der Waals surface area contributed by atoms with Gasteiger partial charge in [0.25, 0.3) is 0 Å². The molecule has 0 fully saturated rings. The lowest BCUT2D eigenvalue weighted by atomic mass is 10.1. The van der Waals surface area contributed by atoms with Crippen molar-refractivity contribution in [2.45, 2.75) is 13.0 Å². The molecule has 2 aromatic carbocycles. The van der Waals surface area contributed by atoms with Gasteiger partial charge in [0.1, 0.15) is 18.2 Å². The number of halogens is 1. The lowest BCUT2D eigenvalue weighted by Crippen LogP contribution is -2.20. The zero-order valence-electron chi connectivity index (χ0n) is 10.3. The average molecular weight is 245 g/mol. The Morgan fingerprint density at radius 2 is 1.89 bits per heavy atom. The molecule has 3 heteroatoms. The van der Waals surface area contributed by atoms with Crippen molar-refractivity contribution in [3.63, 3.8) is 0 Å². The third-order valence-corrected chi connectivity index (χ3v) is 2.72. The summed E-state index contributed by atoms with van der Waals surface area (Å²) in [5.74, 6) is 0.450. The minimum absolute atomic E-state index is 0.254. The van der Waals surface area contributed by atoms with Crippen LogP contribution in [0.4, 0.5) is 4.39 Å². The number of hydrogen-bond acceptors (Lipinski definition) is 2. The molecule has 0 amide bonds. The van der Waals surface area contributed by atoms with E-state index in [0.29, 0.717) is 5.56 Å². The summed E-state index contributed by atoms with van der Waals surface area (Å²) < 4.78 is 19.1. The maximum absolute atomic E-state index is 13.6. The highest BCUT2D eigenvalue weighted by Crippen LogP contribution is 2.18. The van der Waals surface area contributed by atoms with Gasteiger partial charge in [0.2, 0.25) is 0 Å². The Balaban J connectivity index is 2.03. The van der Waals surface area contributed by atoms with Crippen molar-refractivity contribution in [2.75, 3.05) is 6.61 Å². The van der Waals surface area contributed by atoms with Gasteiger partial charge in [-0.15, -0.1) is 0 Å². The molecule has 18 heavy (non-hydrogen) atoms. The fourth-order valence-corrected chi connectivity index (χ4v) is 1.74. The Hall–Kier alpha value is -1.87. The van der Waals surface area contributed by atoms with E-state index in [0.717, 1.165) is 11.3 Å². The van der Waals surface area contributed by atoms with Crippen LogP contribution in [0.1, 0.15) is 17.2 Å². The summed E-state index contributed by atoms with van der Waals surface area (Å²) in [5.41, 5.74) is 7.43. The molecule has 0 spiro atoms. The first-order chi connectivity index (χ1) is 8.66. The summed E-state index contributed by atoms with van der Waals surface area (Å²) in [6, 6.07) is 13.8. The Labute approximate surface area is 106 Å². The Morgan fingerprint density at radius 1 is 1.17 bits per heavy atom. The molecule has 0 aliphatic heterocycles. The maximum atomic E-state index is 13.6. The van der Waals surface area contributed by atoms with Crippen LogP contribution in [-0.2, 0) is 0 Å². The SMILES string of the molecule is Cc1ccc(F)c(C(N)COc2ccccc2)c1. The monoisotopic (exact) mass is 245 g/mol. The number of para-hydroxylation sites is 1. The number of rotatable bonds is 4. The van der Waals surface area contributed by atoms with Crippen LogP contribution in [0.3, 0.4) is 0 Å². The predicted molar refractivity (Wildman–Crippen MR) is 70.0 cm³/mol. The second-order valence-corrected chi connectivity index (χ2v) is 4.26. The first-order valence-electron chi connectivity index (χ1n) is 5.86. The van der Waals surface area contributed by atoms with Crippen molar-refractivity contribution in [1.82, 2.24) is 0 Å². The van der Waals surface area contributed by atoms with Crippen LogP contribution in [0, 0.1) is 12.7 Å². The summed E-state index contributed by atoms with van der Waals surface area (Å²) in [6.45, 7) is 2.16. The van der Waals surface area contributed by atoms with Gasteiger partial charge >= 0.3 is 0 Å². The third kappa shape index (κ3) is 3.08. The van der Waals surface area contributed by atoms with Gasteiger partial charge < -0.3 is 10.5 Å². The van der Waals surface area contributed by atoms with Crippen LogP contribution in [0.2, 0.25) is 0 Å². The molecule has 0 heterocycles. The summed E-state index contributed by atoms with van der Waals surface area (Å²) >= 11 is 0. The van der Waals surface area contributed by atoms with Crippen molar-refractivity contribution in [2.24, 2.45) is 5.73 Å². The van der Waals surface area contributed by atoms with E-state index in [1.165, 1.54) is 6.07 Å².